The second-order valence-electron chi connectivity index (χ2n) is 6.93. The molecule has 156 valence electrons. The number of hydrogen-bond acceptors (Lipinski definition) is 3. The number of benzene rings is 3. The van der Waals surface area contributed by atoms with E-state index in [2.05, 4.69) is 10.6 Å². The van der Waals surface area contributed by atoms with E-state index >= 15 is 0 Å². The summed E-state index contributed by atoms with van der Waals surface area (Å²) in [5.74, 6) is -0.411. The molecule has 0 atom stereocenters. The number of carbonyl (C=O) groups excluding carboxylic acids is 2. The molecule has 0 aromatic heterocycles. The van der Waals surface area contributed by atoms with Gasteiger partial charge in [-0.1, -0.05) is 65.3 Å². The van der Waals surface area contributed by atoms with Crippen molar-refractivity contribution in [3.8, 4) is 0 Å². The minimum absolute atomic E-state index is 0.187. The van der Waals surface area contributed by atoms with Crippen molar-refractivity contribution in [2.24, 2.45) is 0 Å². The lowest BCUT2D eigenvalue weighted by Crippen LogP contribution is -2.26. The molecule has 3 aromatic rings. The van der Waals surface area contributed by atoms with Crippen LogP contribution in [0, 0.1) is 0 Å². The molecule has 4 nitrogen and oxygen atoms in total. The molecule has 7 heteroatoms. The summed E-state index contributed by atoms with van der Waals surface area (Å²) in [5, 5.41) is 7.05. The fourth-order valence-corrected chi connectivity index (χ4v) is 4.35. The van der Waals surface area contributed by atoms with Crippen LogP contribution >= 0.6 is 35.0 Å². The van der Waals surface area contributed by atoms with E-state index in [1.54, 1.807) is 24.3 Å². The summed E-state index contributed by atoms with van der Waals surface area (Å²) in [6.07, 6.45) is 2.47. The van der Waals surface area contributed by atoms with Crippen molar-refractivity contribution in [2.45, 2.75) is 11.3 Å². The zero-order valence-corrected chi connectivity index (χ0v) is 18.7. The standard InChI is InChI=1S/C24H18Cl2N2O2S/c25-18-8-5-15(6-9-18)11-12-27-23(29)17-7-10-21-20(13-17)28-24(30)22(31-21)14-16-3-1-2-4-19(16)26/h1-10,13-14H,11-12H2,(H,27,29)(H,28,30)/b22-14+. The van der Waals surface area contributed by atoms with Crippen LogP contribution < -0.4 is 10.6 Å². The van der Waals surface area contributed by atoms with E-state index in [1.807, 2.05) is 48.5 Å². The molecule has 3 aromatic carbocycles. The highest BCUT2D eigenvalue weighted by Gasteiger charge is 2.22. The second-order valence-corrected chi connectivity index (χ2v) is 8.86. The molecule has 0 aliphatic carbocycles. The number of carbonyl (C=O) groups is 2. The molecule has 0 fully saturated rings. The number of thioether (sulfide) groups is 1. The van der Waals surface area contributed by atoms with Gasteiger partial charge in [0.25, 0.3) is 11.8 Å². The second kappa shape index (κ2) is 9.60. The van der Waals surface area contributed by atoms with E-state index in [9.17, 15) is 9.59 Å². The fraction of sp³-hybridized carbons (Fsp3) is 0.0833. The summed E-state index contributed by atoms with van der Waals surface area (Å²) in [4.78, 5) is 26.5. The highest BCUT2D eigenvalue weighted by atomic mass is 35.5. The highest BCUT2D eigenvalue weighted by Crippen LogP contribution is 2.39. The average molecular weight is 469 g/mol. The van der Waals surface area contributed by atoms with Crippen molar-refractivity contribution < 1.29 is 9.59 Å². The number of anilines is 1. The third-order valence-corrected chi connectivity index (χ3v) is 6.43. The van der Waals surface area contributed by atoms with Gasteiger partial charge >= 0.3 is 0 Å². The third-order valence-electron chi connectivity index (χ3n) is 4.74. The van der Waals surface area contributed by atoms with Crippen LogP contribution in [0.15, 0.2) is 76.5 Å². The maximum absolute atomic E-state index is 12.6. The molecule has 2 amide bonds. The maximum Gasteiger partial charge on any atom is 0.262 e. The van der Waals surface area contributed by atoms with Crippen LogP contribution in [-0.2, 0) is 11.2 Å². The first-order chi connectivity index (χ1) is 15.0. The maximum atomic E-state index is 12.6. The summed E-state index contributed by atoms with van der Waals surface area (Å²) in [6.45, 7) is 0.503. The van der Waals surface area contributed by atoms with Crippen LogP contribution in [0.1, 0.15) is 21.5 Å². The van der Waals surface area contributed by atoms with Gasteiger partial charge in [0.1, 0.15) is 0 Å². The van der Waals surface area contributed by atoms with E-state index in [0.29, 0.717) is 39.2 Å². The molecule has 1 aliphatic heterocycles. The van der Waals surface area contributed by atoms with Crippen molar-refractivity contribution >= 4 is 58.5 Å². The zero-order chi connectivity index (χ0) is 21.8. The number of halogens is 2. The largest absolute Gasteiger partial charge is 0.352 e. The molecular formula is C24H18Cl2N2O2S. The summed E-state index contributed by atoms with van der Waals surface area (Å²) >= 11 is 13.4. The van der Waals surface area contributed by atoms with Crippen LogP contribution in [0.2, 0.25) is 10.0 Å². The zero-order valence-electron chi connectivity index (χ0n) is 16.3. The molecule has 0 saturated carbocycles. The van der Waals surface area contributed by atoms with E-state index in [4.69, 9.17) is 23.2 Å². The molecule has 0 bridgehead atoms. The van der Waals surface area contributed by atoms with Gasteiger partial charge in [0, 0.05) is 27.0 Å². The van der Waals surface area contributed by atoms with Crippen LogP contribution in [-0.4, -0.2) is 18.4 Å². The SMILES string of the molecule is O=C1Nc2cc(C(=O)NCCc3ccc(Cl)cc3)ccc2S/C1=C/c1ccccc1Cl. The Hall–Kier alpha value is -2.73. The first-order valence-corrected chi connectivity index (χ1v) is 11.2. The first-order valence-electron chi connectivity index (χ1n) is 9.62. The van der Waals surface area contributed by atoms with Gasteiger partial charge < -0.3 is 10.6 Å². The molecule has 4 rings (SSSR count). The Bertz CT molecular complexity index is 1180. The Labute approximate surface area is 194 Å². The van der Waals surface area contributed by atoms with E-state index in [0.717, 1.165) is 16.0 Å². The molecule has 2 N–H and O–H groups in total. The van der Waals surface area contributed by atoms with Crippen LogP contribution in [0.3, 0.4) is 0 Å². The summed E-state index contributed by atoms with van der Waals surface area (Å²) in [7, 11) is 0. The summed E-state index contributed by atoms with van der Waals surface area (Å²) < 4.78 is 0. The third kappa shape index (κ3) is 5.31. The van der Waals surface area contributed by atoms with Crippen LogP contribution in [0.4, 0.5) is 5.69 Å². The molecule has 31 heavy (non-hydrogen) atoms. The lowest BCUT2D eigenvalue weighted by molar-refractivity contribution is -0.112. The van der Waals surface area contributed by atoms with Crippen molar-refractivity contribution in [1.29, 1.82) is 0 Å². The van der Waals surface area contributed by atoms with Gasteiger partial charge in [0.05, 0.1) is 10.6 Å². The fourth-order valence-electron chi connectivity index (χ4n) is 3.11. The van der Waals surface area contributed by atoms with Gasteiger partial charge in [-0.25, -0.2) is 0 Å². The Balaban J connectivity index is 1.42. The molecule has 1 heterocycles. The Kier molecular flexibility index (Phi) is 6.66. The van der Waals surface area contributed by atoms with Gasteiger partial charge in [-0.2, -0.15) is 0 Å². The van der Waals surface area contributed by atoms with Crippen LogP contribution in [0.25, 0.3) is 6.08 Å². The molecule has 0 radical (unpaired) electrons. The number of amides is 2. The van der Waals surface area contributed by atoms with Gasteiger partial charge in [-0.15, -0.1) is 0 Å². The lowest BCUT2D eigenvalue weighted by atomic mass is 10.1. The molecule has 0 unspecified atom stereocenters. The van der Waals surface area contributed by atoms with Gasteiger partial charge in [0.15, 0.2) is 0 Å². The highest BCUT2D eigenvalue weighted by molar-refractivity contribution is 8.04. The van der Waals surface area contributed by atoms with E-state index < -0.39 is 0 Å². The molecule has 1 aliphatic rings. The van der Waals surface area contributed by atoms with Crippen molar-refractivity contribution in [2.75, 3.05) is 11.9 Å². The normalized spacial score (nSPS) is 14.1. The predicted octanol–water partition coefficient (Wildman–Crippen LogP) is 6.05. The van der Waals surface area contributed by atoms with Crippen molar-refractivity contribution in [3.05, 3.63) is 98.4 Å². The Morgan fingerprint density at radius 1 is 1.03 bits per heavy atom. The molecule has 0 spiro atoms. The van der Waals surface area contributed by atoms with E-state index in [-0.39, 0.29) is 11.8 Å². The van der Waals surface area contributed by atoms with E-state index in [1.165, 1.54) is 11.8 Å². The Morgan fingerprint density at radius 2 is 1.81 bits per heavy atom. The number of rotatable bonds is 5. The lowest BCUT2D eigenvalue weighted by Gasteiger charge is -2.19. The smallest absolute Gasteiger partial charge is 0.262 e. The first kappa shape index (κ1) is 21.5. The van der Waals surface area contributed by atoms with Gasteiger partial charge in [0.2, 0.25) is 0 Å². The average Bonchev–Trinajstić information content (AvgIpc) is 2.76. The van der Waals surface area contributed by atoms with Gasteiger partial charge in [-0.05, 0) is 60.0 Å². The number of hydrogen-bond donors (Lipinski definition) is 2. The number of fused-ring (bicyclic) bond motifs is 1. The van der Waals surface area contributed by atoms with Crippen LogP contribution in [0.5, 0.6) is 0 Å². The minimum atomic E-state index is -0.224. The quantitative estimate of drug-likeness (QED) is 0.447. The summed E-state index contributed by atoms with van der Waals surface area (Å²) in [5.41, 5.74) is 2.99. The summed E-state index contributed by atoms with van der Waals surface area (Å²) in [6, 6.07) is 20.2. The van der Waals surface area contributed by atoms with Crippen molar-refractivity contribution in [1.82, 2.24) is 5.32 Å². The number of nitrogens with one attached hydrogen (secondary N) is 2. The monoisotopic (exact) mass is 468 g/mol. The Morgan fingerprint density at radius 3 is 2.58 bits per heavy atom. The topological polar surface area (TPSA) is 58.2 Å². The van der Waals surface area contributed by atoms with Gasteiger partial charge in [-0.3, -0.25) is 9.59 Å². The molecular weight excluding hydrogens is 451 g/mol. The molecule has 0 saturated heterocycles. The van der Waals surface area contributed by atoms with Crippen molar-refractivity contribution in [3.63, 3.8) is 0 Å². The predicted molar refractivity (Wildman–Crippen MR) is 128 cm³/mol. The minimum Gasteiger partial charge on any atom is -0.352 e.